The molecule has 0 aliphatic rings. The smallest absolute Gasteiger partial charge is 0.872 e. The minimum absolute atomic E-state index is 0. The van der Waals surface area contributed by atoms with E-state index in [-0.39, 0.29) is 33.5 Å². The SMILES string of the molecule is O=S(=O)(C=C([O-])c1ccccc1)/C=C(\[O-])c1ccccc1.[Au+3].[c-]1cccc(Cc2ccccn2)c1. The van der Waals surface area contributed by atoms with E-state index in [1.54, 1.807) is 36.4 Å². The zero-order valence-electron chi connectivity index (χ0n) is 18.5. The third-order valence-corrected chi connectivity index (χ3v) is 5.63. The number of nitrogens with zero attached hydrogens (tertiary/aromatic N) is 1. The predicted octanol–water partition coefficient (Wildman–Crippen LogP) is 3.59. The van der Waals surface area contributed by atoms with Crippen LogP contribution in [0.5, 0.6) is 0 Å². The summed E-state index contributed by atoms with van der Waals surface area (Å²) in [6, 6.07) is 33.0. The van der Waals surface area contributed by atoms with E-state index in [1.165, 1.54) is 29.8 Å². The minimum atomic E-state index is -4.03. The standard InChI is InChI=1S/C16H14O4S.C12H10N.Au/c17-15(13-7-3-1-4-8-13)11-21(19,20)12-16(18)14-9-5-2-6-10-14;1-2-6-11(7-3-1)10-12-8-4-5-9-13-12;/h1-12,17-18H;1-2,4-9H,10H2;/q;-1;+3/p-2/b15-11-,16-12?;;. The Bertz CT molecular complexity index is 1230. The molecule has 0 aliphatic carbocycles. The molecule has 0 aliphatic heterocycles. The summed E-state index contributed by atoms with van der Waals surface area (Å²) in [6.45, 7) is 0. The maximum Gasteiger partial charge on any atom is 3.00 e. The summed E-state index contributed by atoms with van der Waals surface area (Å²) in [7, 11) is -4.03. The molecule has 0 unspecified atom stereocenters. The Morgan fingerprint density at radius 2 is 1.31 bits per heavy atom. The van der Waals surface area contributed by atoms with E-state index < -0.39 is 21.4 Å². The quantitative estimate of drug-likeness (QED) is 0.179. The van der Waals surface area contributed by atoms with Crippen molar-refractivity contribution in [2.75, 3.05) is 0 Å². The van der Waals surface area contributed by atoms with Crippen molar-refractivity contribution in [3.63, 3.8) is 0 Å². The molecule has 0 fully saturated rings. The molecule has 0 spiro atoms. The van der Waals surface area contributed by atoms with Crippen molar-refractivity contribution < 1.29 is 41.0 Å². The normalized spacial score (nSPS) is 11.5. The zero-order chi connectivity index (χ0) is 24.2. The largest absolute Gasteiger partial charge is 3.00 e. The topological polar surface area (TPSA) is 93.2 Å². The molecule has 1 heterocycles. The monoisotopic (exact) mass is 665 g/mol. The Balaban J connectivity index is 0.000000265. The van der Waals surface area contributed by atoms with Crippen LogP contribution < -0.4 is 10.2 Å². The summed E-state index contributed by atoms with van der Waals surface area (Å²) in [5, 5.41) is 24.7. The number of benzene rings is 3. The van der Waals surface area contributed by atoms with Crippen LogP contribution in [0.2, 0.25) is 0 Å². The van der Waals surface area contributed by atoms with Gasteiger partial charge in [0.1, 0.15) is 0 Å². The average molecular weight is 666 g/mol. The van der Waals surface area contributed by atoms with Gasteiger partial charge in [0.15, 0.2) is 9.84 Å². The fourth-order valence-corrected chi connectivity index (χ4v) is 3.86. The fourth-order valence-electron chi connectivity index (χ4n) is 2.93. The van der Waals surface area contributed by atoms with Crippen molar-refractivity contribution in [2.24, 2.45) is 0 Å². The second kappa shape index (κ2) is 14.1. The van der Waals surface area contributed by atoms with Gasteiger partial charge >= 0.3 is 22.4 Å². The van der Waals surface area contributed by atoms with Crippen molar-refractivity contribution >= 4 is 21.4 Å². The van der Waals surface area contributed by atoms with Gasteiger partial charge in [-0.2, -0.15) is 35.9 Å². The number of sulfone groups is 1. The van der Waals surface area contributed by atoms with Gasteiger partial charge in [-0.3, -0.25) is 4.98 Å². The molecule has 4 rings (SSSR count). The van der Waals surface area contributed by atoms with Gasteiger partial charge in [0, 0.05) is 22.7 Å². The predicted molar refractivity (Wildman–Crippen MR) is 130 cm³/mol. The van der Waals surface area contributed by atoms with E-state index in [9.17, 15) is 18.6 Å². The first-order valence-electron chi connectivity index (χ1n) is 10.4. The van der Waals surface area contributed by atoms with Crippen LogP contribution in [0.25, 0.3) is 11.5 Å². The maximum absolute atomic E-state index is 11.8. The second-order valence-electron chi connectivity index (χ2n) is 7.19. The molecule has 35 heavy (non-hydrogen) atoms. The maximum atomic E-state index is 11.8. The van der Waals surface area contributed by atoms with Gasteiger partial charge < -0.3 is 10.2 Å². The van der Waals surface area contributed by atoms with Crippen LogP contribution in [0.15, 0.2) is 120 Å². The van der Waals surface area contributed by atoms with Crippen LogP contribution in [-0.2, 0) is 38.6 Å². The van der Waals surface area contributed by atoms with Gasteiger partial charge in [0.25, 0.3) is 0 Å². The van der Waals surface area contributed by atoms with Gasteiger partial charge in [-0.05, 0) is 29.7 Å². The summed E-state index contributed by atoms with van der Waals surface area (Å²) in [6.07, 6.45) is 2.71. The van der Waals surface area contributed by atoms with Gasteiger partial charge in [0.2, 0.25) is 0 Å². The van der Waals surface area contributed by atoms with E-state index in [0.717, 1.165) is 12.1 Å². The molecule has 3 aromatic carbocycles. The molecule has 0 amide bonds. The molecule has 0 atom stereocenters. The molecule has 0 saturated heterocycles. The number of hydrogen-bond acceptors (Lipinski definition) is 5. The first kappa shape index (κ1) is 27.8. The van der Waals surface area contributed by atoms with E-state index >= 15 is 0 Å². The molecule has 0 N–H and O–H groups in total. The number of pyridine rings is 1. The first-order chi connectivity index (χ1) is 16.4. The molecule has 1 aromatic heterocycles. The van der Waals surface area contributed by atoms with Gasteiger partial charge in [0.05, 0.1) is 0 Å². The van der Waals surface area contributed by atoms with Crippen LogP contribution in [0.4, 0.5) is 0 Å². The molecule has 0 saturated carbocycles. The van der Waals surface area contributed by atoms with E-state index in [0.29, 0.717) is 10.8 Å². The van der Waals surface area contributed by atoms with E-state index in [4.69, 9.17) is 0 Å². The van der Waals surface area contributed by atoms with Crippen molar-refractivity contribution in [3.05, 3.63) is 149 Å². The average Bonchev–Trinajstić information content (AvgIpc) is 2.86. The third kappa shape index (κ3) is 9.76. The van der Waals surface area contributed by atoms with Crippen molar-refractivity contribution in [1.29, 1.82) is 0 Å². The first-order valence-corrected chi connectivity index (χ1v) is 12.0. The number of hydrogen-bond donors (Lipinski definition) is 0. The summed E-state index contributed by atoms with van der Waals surface area (Å²) < 4.78 is 23.7. The molecule has 0 radical (unpaired) electrons. The summed E-state index contributed by atoms with van der Waals surface area (Å²) in [5.41, 5.74) is 2.85. The summed E-state index contributed by atoms with van der Waals surface area (Å²) >= 11 is 0. The van der Waals surface area contributed by atoms with Crippen LogP contribution >= 0.6 is 0 Å². The van der Waals surface area contributed by atoms with Crippen LogP contribution in [-0.4, -0.2) is 13.4 Å². The summed E-state index contributed by atoms with van der Waals surface area (Å²) in [4.78, 5) is 4.26. The van der Waals surface area contributed by atoms with Crippen molar-refractivity contribution in [3.8, 4) is 0 Å². The van der Waals surface area contributed by atoms with Crippen molar-refractivity contribution in [2.45, 2.75) is 6.42 Å². The Labute approximate surface area is 221 Å². The minimum Gasteiger partial charge on any atom is -0.872 e. The van der Waals surface area contributed by atoms with Crippen LogP contribution in [0.3, 0.4) is 0 Å². The van der Waals surface area contributed by atoms with Crippen LogP contribution in [0, 0.1) is 6.07 Å². The van der Waals surface area contributed by atoms with Gasteiger partial charge in [-0.1, -0.05) is 78.2 Å². The molecule has 180 valence electrons. The molecular formula is C28H22AuNO4S. The second-order valence-corrected chi connectivity index (χ2v) is 8.84. The fraction of sp³-hybridized carbons (Fsp3) is 0.0357. The molecule has 5 nitrogen and oxygen atoms in total. The summed E-state index contributed by atoms with van der Waals surface area (Å²) in [5.74, 6) is -1.32. The third-order valence-electron chi connectivity index (χ3n) is 4.54. The number of rotatable bonds is 6. The van der Waals surface area contributed by atoms with Crippen LogP contribution in [0.1, 0.15) is 22.4 Å². The molecule has 7 heteroatoms. The molecular weight excluding hydrogens is 643 g/mol. The van der Waals surface area contributed by atoms with Crippen molar-refractivity contribution in [1.82, 2.24) is 4.98 Å². The zero-order valence-corrected chi connectivity index (χ0v) is 21.5. The molecule has 4 aromatic rings. The van der Waals surface area contributed by atoms with E-state index in [2.05, 4.69) is 17.1 Å². The molecule has 0 bridgehead atoms. The Morgan fingerprint density at radius 1 is 0.771 bits per heavy atom. The van der Waals surface area contributed by atoms with E-state index in [1.807, 2.05) is 42.6 Å². The van der Waals surface area contributed by atoms with Gasteiger partial charge in [-0.25, -0.2) is 8.42 Å². The van der Waals surface area contributed by atoms with Gasteiger partial charge in [-0.15, -0.1) is 0 Å². The Hall–Kier alpha value is -3.42. The number of aromatic nitrogens is 1. The Morgan fingerprint density at radius 3 is 1.77 bits per heavy atom. The Kier molecular flexibility index (Phi) is 11.2.